The molecule has 9 heteroatoms. The maximum absolute atomic E-state index is 12.7. The zero-order valence-corrected chi connectivity index (χ0v) is 22.5. The Morgan fingerprint density at radius 3 is 2.57 bits per heavy atom. The molecule has 3 fully saturated rings. The van der Waals surface area contributed by atoms with Crippen molar-refractivity contribution in [1.29, 1.82) is 0 Å². The second-order valence-corrected chi connectivity index (χ2v) is 12.4. The van der Waals surface area contributed by atoms with Crippen molar-refractivity contribution < 1.29 is 4.79 Å². The highest BCUT2D eigenvalue weighted by atomic mass is 16.2. The Bertz CT molecular complexity index is 1130. The smallest absolute Gasteiger partial charge is 0.243 e. The zero-order chi connectivity index (χ0) is 25.6. The van der Waals surface area contributed by atoms with Gasteiger partial charge in [0.25, 0.3) is 0 Å². The monoisotopic (exact) mass is 504 g/mol. The van der Waals surface area contributed by atoms with E-state index in [1.807, 2.05) is 18.5 Å². The summed E-state index contributed by atoms with van der Waals surface area (Å²) in [7, 11) is 0. The Morgan fingerprint density at radius 2 is 1.86 bits per heavy atom. The van der Waals surface area contributed by atoms with Crippen LogP contribution in [0.2, 0.25) is 0 Å². The fraction of sp³-hybridized carbons (Fsp3) is 0.643. The van der Waals surface area contributed by atoms with Crippen molar-refractivity contribution in [2.24, 2.45) is 5.41 Å². The molecular weight excluding hydrogens is 464 g/mol. The van der Waals surface area contributed by atoms with Crippen LogP contribution in [0.1, 0.15) is 58.4 Å². The zero-order valence-electron chi connectivity index (χ0n) is 22.5. The Balaban J connectivity index is 1.11. The highest BCUT2D eigenvalue weighted by molar-refractivity contribution is 5.90. The number of aromatic nitrogens is 3. The average molecular weight is 505 g/mol. The summed E-state index contributed by atoms with van der Waals surface area (Å²) in [5.41, 5.74) is 2.59. The van der Waals surface area contributed by atoms with Crippen LogP contribution in [0.3, 0.4) is 0 Å². The molecule has 5 heterocycles. The molecule has 0 radical (unpaired) electrons. The lowest BCUT2D eigenvalue weighted by Crippen LogP contribution is -2.66. The minimum atomic E-state index is -0.169. The van der Waals surface area contributed by atoms with Crippen molar-refractivity contribution in [3.05, 3.63) is 30.1 Å². The first-order valence-electron chi connectivity index (χ1n) is 13.9. The molecule has 1 aliphatic carbocycles. The number of anilines is 4. The number of nitrogens with one attached hydrogen (secondary N) is 2. The van der Waals surface area contributed by atoms with Crippen LogP contribution in [0.15, 0.2) is 24.5 Å². The predicted octanol–water partition coefficient (Wildman–Crippen LogP) is 3.35. The second-order valence-electron chi connectivity index (χ2n) is 12.4. The standard InChI is InChI=1S/C28H40N8O/c1-27(2,3)10-11-34-12-14-35(15-13-34)21-6-7-23(29-18-21)32-26-30-17-20-16-22-25(37)31-19-28(8-4-5-9-28)36(22)24(20)33-26/h6-7,17-18,22H,4-5,8-16,19H2,1-3H3,(H,31,37)(H,29,30,32,33). The lowest BCUT2D eigenvalue weighted by atomic mass is 9.90. The molecule has 3 aliphatic heterocycles. The van der Waals surface area contributed by atoms with Gasteiger partial charge in [-0.15, -0.1) is 0 Å². The molecule has 0 bridgehead atoms. The van der Waals surface area contributed by atoms with Gasteiger partial charge in [-0.25, -0.2) is 9.97 Å². The van der Waals surface area contributed by atoms with Gasteiger partial charge in [0.05, 0.1) is 17.4 Å². The van der Waals surface area contributed by atoms with Gasteiger partial charge in [0.1, 0.15) is 17.7 Å². The van der Waals surface area contributed by atoms with Crippen LogP contribution in [0.25, 0.3) is 0 Å². The van der Waals surface area contributed by atoms with Crippen molar-refractivity contribution in [2.45, 2.75) is 70.9 Å². The number of carbonyl (C=O) groups excluding carboxylic acids is 1. The van der Waals surface area contributed by atoms with Gasteiger partial charge in [-0.05, 0) is 43.4 Å². The van der Waals surface area contributed by atoms with Gasteiger partial charge in [-0.1, -0.05) is 33.6 Å². The van der Waals surface area contributed by atoms with Gasteiger partial charge in [0.15, 0.2) is 0 Å². The Hall–Kier alpha value is -2.94. The Morgan fingerprint density at radius 1 is 1.08 bits per heavy atom. The predicted molar refractivity (Wildman–Crippen MR) is 146 cm³/mol. The van der Waals surface area contributed by atoms with Crippen molar-refractivity contribution in [2.75, 3.05) is 54.4 Å². The molecule has 37 heavy (non-hydrogen) atoms. The summed E-state index contributed by atoms with van der Waals surface area (Å²) in [5, 5.41) is 6.46. The maximum Gasteiger partial charge on any atom is 0.243 e. The Labute approximate surface area is 220 Å². The molecule has 2 aromatic rings. The lowest BCUT2D eigenvalue weighted by molar-refractivity contribution is -0.124. The lowest BCUT2D eigenvalue weighted by Gasteiger charge is -2.47. The molecule has 9 nitrogen and oxygen atoms in total. The molecule has 1 unspecified atom stereocenters. The number of piperazine rings is 2. The van der Waals surface area contributed by atoms with Crippen LogP contribution in [0.5, 0.6) is 0 Å². The molecule has 1 saturated carbocycles. The molecule has 1 atom stereocenters. The van der Waals surface area contributed by atoms with Crippen molar-refractivity contribution in [3.63, 3.8) is 0 Å². The summed E-state index contributed by atoms with van der Waals surface area (Å²) in [6.45, 7) is 13.1. The summed E-state index contributed by atoms with van der Waals surface area (Å²) < 4.78 is 0. The van der Waals surface area contributed by atoms with E-state index in [4.69, 9.17) is 4.98 Å². The number of carbonyl (C=O) groups is 1. The molecule has 0 aromatic carbocycles. The number of pyridine rings is 1. The number of hydrogen-bond acceptors (Lipinski definition) is 8. The molecule has 2 N–H and O–H groups in total. The van der Waals surface area contributed by atoms with E-state index in [2.05, 4.69) is 62.1 Å². The van der Waals surface area contributed by atoms with Crippen LogP contribution >= 0.6 is 0 Å². The molecule has 1 amide bonds. The summed E-state index contributed by atoms with van der Waals surface area (Å²) in [6.07, 6.45) is 10.3. The Kier molecular flexibility index (Phi) is 6.21. The fourth-order valence-electron chi connectivity index (χ4n) is 6.41. The van der Waals surface area contributed by atoms with Crippen LogP contribution in [0, 0.1) is 5.41 Å². The fourth-order valence-corrected chi connectivity index (χ4v) is 6.41. The highest BCUT2D eigenvalue weighted by Crippen LogP contribution is 2.45. The van der Waals surface area contributed by atoms with Gasteiger partial charge in [-0.2, -0.15) is 4.98 Å². The van der Waals surface area contributed by atoms with Crippen molar-refractivity contribution >= 4 is 29.2 Å². The first-order chi connectivity index (χ1) is 17.8. The van der Waals surface area contributed by atoms with Crippen LogP contribution in [0.4, 0.5) is 23.3 Å². The van der Waals surface area contributed by atoms with E-state index >= 15 is 0 Å². The number of hydrogen-bond donors (Lipinski definition) is 2. The van der Waals surface area contributed by atoms with Crippen LogP contribution in [-0.4, -0.2) is 76.6 Å². The summed E-state index contributed by atoms with van der Waals surface area (Å²) >= 11 is 0. The topological polar surface area (TPSA) is 89.5 Å². The van der Waals surface area contributed by atoms with E-state index in [0.717, 1.165) is 61.9 Å². The average Bonchev–Trinajstić information content (AvgIpc) is 3.51. The first-order valence-corrected chi connectivity index (χ1v) is 13.9. The maximum atomic E-state index is 12.7. The summed E-state index contributed by atoms with van der Waals surface area (Å²) in [5.74, 6) is 2.29. The molecule has 6 rings (SSSR count). The summed E-state index contributed by atoms with van der Waals surface area (Å²) in [6, 6.07) is 3.97. The number of amides is 1. The normalized spacial score (nSPS) is 23.2. The van der Waals surface area contributed by atoms with Crippen LogP contribution in [-0.2, 0) is 11.2 Å². The van der Waals surface area contributed by atoms with Gasteiger partial charge in [0.2, 0.25) is 11.9 Å². The largest absolute Gasteiger partial charge is 0.368 e. The number of rotatable bonds is 5. The van der Waals surface area contributed by atoms with E-state index in [9.17, 15) is 4.79 Å². The van der Waals surface area contributed by atoms with Gasteiger partial charge in [0, 0.05) is 50.9 Å². The molecule has 198 valence electrons. The van der Waals surface area contributed by atoms with E-state index in [1.165, 1.54) is 25.8 Å². The van der Waals surface area contributed by atoms with Crippen molar-refractivity contribution in [3.8, 4) is 0 Å². The second kappa shape index (κ2) is 9.42. The van der Waals surface area contributed by atoms with Crippen LogP contribution < -0.4 is 20.4 Å². The van der Waals surface area contributed by atoms with E-state index in [-0.39, 0.29) is 17.5 Å². The third-order valence-corrected chi connectivity index (χ3v) is 8.64. The van der Waals surface area contributed by atoms with Gasteiger partial charge in [-0.3, -0.25) is 9.69 Å². The minimum absolute atomic E-state index is 0.00782. The molecular formula is C28H40N8O. The van der Waals surface area contributed by atoms with E-state index < -0.39 is 0 Å². The minimum Gasteiger partial charge on any atom is -0.368 e. The van der Waals surface area contributed by atoms with Gasteiger partial charge < -0.3 is 20.4 Å². The third kappa shape index (κ3) is 4.85. The number of nitrogens with zero attached hydrogens (tertiary/aromatic N) is 6. The van der Waals surface area contributed by atoms with E-state index in [0.29, 0.717) is 24.3 Å². The number of fused-ring (bicyclic) bond motifs is 4. The van der Waals surface area contributed by atoms with E-state index in [1.54, 1.807) is 0 Å². The third-order valence-electron chi connectivity index (χ3n) is 8.64. The SMILES string of the molecule is CC(C)(C)CCN1CCN(c2ccc(Nc3ncc4c(n3)N3C(C4)C(=O)NCC34CCCC4)nc2)CC1. The molecule has 2 aromatic heterocycles. The molecule has 4 aliphatic rings. The van der Waals surface area contributed by atoms with Gasteiger partial charge >= 0.3 is 0 Å². The first kappa shape index (κ1) is 24.4. The summed E-state index contributed by atoms with van der Waals surface area (Å²) in [4.78, 5) is 34.1. The van der Waals surface area contributed by atoms with Crippen molar-refractivity contribution in [1.82, 2.24) is 25.2 Å². The molecule has 1 spiro atoms. The quantitative estimate of drug-likeness (QED) is 0.641. The highest BCUT2D eigenvalue weighted by Gasteiger charge is 2.52. The molecule has 2 saturated heterocycles.